The van der Waals surface area contributed by atoms with Gasteiger partial charge in [0.25, 0.3) is 0 Å². The Kier molecular flexibility index (Phi) is 16.1. The van der Waals surface area contributed by atoms with Crippen LogP contribution in [0.2, 0.25) is 0 Å². The number of unbranched alkanes of at least 4 members (excludes halogenated alkanes) is 2. The Labute approximate surface area is 284 Å². The van der Waals surface area contributed by atoms with Crippen LogP contribution in [0.25, 0.3) is 0 Å². The van der Waals surface area contributed by atoms with Crippen molar-refractivity contribution in [3.8, 4) is 0 Å². The number of carbonyl (C=O) groups is 5. The second kappa shape index (κ2) is 20.2. The molecule has 0 unspecified atom stereocenters. The van der Waals surface area contributed by atoms with Crippen molar-refractivity contribution in [1.29, 1.82) is 0 Å². The minimum Gasteiger partial charge on any atom is -0.443 e. The topological polar surface area (TPSA) is 134 Å². The van der Waals surface area contributed by atoms with E-state index in [9.17, 15) is 24.0 Å². The summed E-state index contributed by atoms with van der Waals surface area (Å²) in [6.07, 6.45) is 3.48. The van der Waals surface area contributed by atoms with E-state index in [2.05, 4.69) is 10.8 Å². The molecule has 262 valence electrons. The lowest BCUT2D eigenvalue weighted by atomic mass is 9.92. The van der Waals surface area contributed by atoms with E-state index in [1.807, 2.05) is 81.4 Å². The Balaban J connectivity index is 1.87. The highest BCUT2D eigenvalue weighted by Gasteiger charge is 2.44. The van der Waals surface area contributed by atoms with Gasteiger partial charge < -0.3 is 10.1 Å². The van der Waals surface area contributed by atoms with E-state index in [1.165, 1.54) is 10.0 Å². The summed E-state index contributed by atoms with van der Waals surface area (Å²) in [5.74, 6) is -2.58. The average molecular weight is 665 g/mol. The molecule has 1 aliphatic heterocycles. The van der Waals surface area contributed by atoms with E-state index in [0.29, 0.717) is 25.7 Å². The third kappa shape index (κ3) is 11.5. The van der Waals surface area contributed by atoms with Gasteiger partial charge in [-0.1, -0.05) is 114 Å². The molecule has 1 heterocycles. The molecule has 11 heteroatoms. The van der Waals surface area contributed by atoms with E-state index in [0.717, 1.165) is 24.0 Å². The first-order chi connectivity index (χ1) is 23.2. The zero-order valence-corrected chi connectivity index (χ0v) is 28.8. The summed E-state index contributed by atoms with van der Waals surface area (Å²) in [4.78, 5) is 73.4. The summed E-state index contributed by atoms with van der Waals surface area (Å²) in [6.45, 7) is 7.93. The van der Waals surface area contributed by atoms with E-state index in [1.54, 1.807) is 6.92 Å². The highest BCUT2D eigenvalue weighted by molar-refractivity contribution is 5.94. The molecule has 2 N–H and O–H groups in total. The molecule has 0 saturated carbocycles. The van der Waals surface area contributed by atoms with Crippen molar-refractivity contribution in [2.75, 3.05) is 6.54 Å². The number of ether oxygens (including phenoxy) is 1. The number of Topliss-reactive ketones (excluding diaryl/α,β-unsaturated/α-hetero) is 1. The third-order valence-corrected chi connectivity index (χ3v) is 8.76. The zero-order valence-electron chi connectivity index (χ0n) is 28.8. The van der Waals surface area contributed by atoms with Gasteiger partial charge in [-0.05, 0) is 36.3 Å². The standard InChI is InChI=1S/C37H52N4O7/c1-5-8-11-21-30(24-33(43)39-48-26-29-19-14-10-15-20-29)36(45)41-31(35(44)38-34(27(4)6-2)32(42)7-3)22-16-23-40(41)37(46)47-25-28-17-12-9-13-18-28/h9-10,12-15,17-20,27,30-31,34H,5-8,11,16,21-26H2,1-4H3,(H,38,44)(H,39,43)/t27-,30+,31+,34-/m1/s1. The van der Waals surface area contributed by atoms with Crippen molar-refractivity contribution in [1.82, 2.24) is 20.8 Å². The number of rotatable bonds is 18. The second-order valence-electron chi connectivity index (χ2n) is 12.4. The summed E-state index contributed by atoms with van der Waals surface area (Å²) in [7, 11) is 0. The Bertz CT molecular complexity index is 1320. The maximum atomic E-state index is 14.5. The number of benzene rings is 2. The van der Waals surface area contributed by atoms with Gasteiger partial charge in [0.05, 0.1) is 12.6 Å². The number of hydrogen-bond donors (Lipinski definition) is 2. The number of amides is 4. The number of carbonyl (C=O) groups excluding carboxylic acids is 5. The van der Waals surface area contributed by atoms with Crippen molar-refractivity contribution >= 4 is 29.6 Å². The second-order valence-corrected chi connectivity index (χ2v) is 12.4. The van der Waals surface area contributed by atoms with Gasteiger partial charge in [-0.2, -0.15) is 0 Å². The van der Waals surface area contributed by atoms with Gasteiger partial charge in [-0.3, -0.25) is 24.0 Å². The molecule has 48 heavy (non-hydrogen) atoms. The molecule has 0 aromatic heterocycles. The minimum absolute atomic E-state index is 0.0166. The number of hydroxylamine groups is 1. The zero-order chi connectivity index (χ0) is 34.9. The molecule has 0 spiro atoms. The molecular formula is C37H52N4O7. The lowest BCUT2D eigenvalue weighted by Crippen LogP contribution is -2.64. The molecular weight excluding hydrogens is 612 g/mol. The first kappa shape index (κ1) is 38.2. The smallest absolute Gasteiger partial charge is 0.429 e. The Morgan fingerprint density at radius 1 is 0.896 bits per heavy atom. The Morgan fingerprint density at radius 2 is 1.54 bits per heavy atom. The van der Waals surface area contributed by atoms with E-state index in [4.69, 9.17) is 9.57 Å². The van der Waals surface area contributed by atoms with Gasteiger partial charge in [0, 0.05) is 25.3 Å². The molecule has 1 saturated heterocycles. The lowest BCUT2D eigenvalue weighted by Gasteiger charge is -2.44. The van der Waals surface area contributed by atoms with Crippen LogP contribution in [-0.2, 0) is 42.0 Å². The monoisotopic (exact) mass is 664 g/mol. The first-order valence-electron chi connectivity index (χ1n) is 17.3. The number of ketones is 1. The summed E-state index contributed by atoms with van der Waals surface area (Å²) in [6, 6.07) is 16.7. The molecule has 2 aromatic carbocycles. The molecule has 1 aliphatic rings. The lowest BCUT2D eigenvalue weighted by molar-refractivity contribution is -0.169. The highest BCUT2D eigenvalue weighted by atomic mass is 16.6. The van der Waals surface area contributed by atoms with Crippen LogP contribution in [0.4, 0.5) is 4.79 Å². The maximum Gasteiger partial charge on any atom is 0.429 e. The average Bonchev–Trinajstić information content (AvgIpc) is 3.12. The summed E-state index contributed by atoms with van der Waals surface area (Å²) in [5, 5.41) is 5.28. The number of hydrazine groups is 1. The molecule has 2 aromatic rings. The van der Waals surface area contributed by atoms with Crippen LogP contribution >= 0.6 is 0 Å². The quantitative estimate of drug-likeness (QED) is 0.150. The van der Waals surface area contributed by atoms with Crippen molar-refractivity contribution in [3.05, 3.63) is 71.8 Å². The van der Waals surface area contributed by atoms with Crippen molar-refractivity contribution in [2.45, 2.75) is 111 Å². The van der Waals surface area contributed by atoms with Crippen molar-refractivity contribution < 1.29 is 33.5 Å². The van der Waals surface area contributed by atoms with Gasteiger partial charge in [0.1, 0.15) is 12.6 Å². The fraction of sp³-hybridized carbons (Fsp3) is 0.541. The van der Waals surface area contributed by atoms with Crippen molar-refractivity contribution in [3.63, 3.8) is 0 Å². The normalized spacial score (nSPS) is 16.4. The summed E-state index contributed by atoms with van der Waals surface area (Å²) >= 11 is 0. The van der Waals surface area contributed by atoms with Crippen molar-refractivity contribution in [2.24, 2.45) is 11.8 Å². The van der Waals surface area contributed by atoms with Crippen LogP contribution in [0.3, 0.4) is 0 Å². The van der Waals surface area contributed by atoms with E-state index >= 15 is 0 Å². The van der Waals surface area contributed by atoms with Crippen LogP contribution in [0.15, 0.2) is 60.7 Å². The molecule has 11 nitrogen and oxygen atoms in total. The van der Waals surface area contributed by atoms with Crippen LogP contribution in [0, 0.1) is 11.8 Å². The molecule has 4 amide bonds. The summed E-state index contributed by atoms with van der Waals surface area (Å²) < 4.78 is 5.63. The first-order valence-corrected chi connectivity index (χ1v) is 17.3. The van der Waals surface area contributed by atoms with Crippen LogP contribution in [0.1, 0.15) is 96.6 Å². The predicted octanol–water partition coefficient (Wildman–Crippen LogP) is 5.88. The number of nitrogens with zero attached hydrogens (tertiary/aromatic N) is 2. The fourth-order valence-corrected chi connectivity index (χ4v) is 5.75. The SMILES string of the molecule is CCCCC[C@@H](CC(=O)NOCc1ccccc1)C(=O)N1[C@H](C(=O)N[C@@H](C(=O)CC)[C@H](C)CC)CCCN1C(=O)OCc1ccccc1. The number of hydrogen-bond acceptors (Lipinski definition) is 7. The molecule has 0 aliphatic carbocycles. The fourth-order valence-electron chi connectivity index (χ4n) is 5.75. The van der Waals surface area contributed by atoms with Gasteiger partial charge in [-0.25, -0.2) is 20.3 Å². The van der Waals surface area contributed by atoms with E-state index in [-0.39, 0.29) is 50.7 Å². The van der Waals surface area contributed by atoms with E-state index < -0.39 is 41.8 Å². The van der Waals surface area contributed by atoms with Crippen LogP contribution < -0.4 is 10.8 Å². The van der Waals surface area contributed by atoms with Gasteiger partial charge >= 0.3 is 6.09 Å². The maximum absolute atomic E-state index is 14.5. The molecule has 4 atom stereocenters. The summed E-state index contributed by atoms with van der Waals surface area (Å²) in [5.41, 5.74) is 4.09. The Hall–Kier alpha value is -4.25. The van der Waals surface area contributed by atoms with Crippen LogP contribution in [-0.4, -0.2) is 58.2 Å². The third-order valence-electron chi connectivity index (χ3n) is 8.76. The molecule has 0 radical (unpaired) electrons. The highest BCUT2D eigenvalue weighted by Crippen LogP contribution is 2.27. The number of nitrogens with one attached hydrogen (secondary N) is 2. The van der Waals surface area contributed by atoms with Gasteiger partial charge in [-0.15, -0.1) is 0 Å². The minimum atomic E-state index is -1.07. The van der Waals surface area contributed by atoms with Gasteiger partial charge in [0.2, 0.25) is 17.7 Å². The molecule has 1 fully saturated rings. The Morgan fingerprint density at radius 3 is 2.15 bits per heavy atom. The predicted molar refractivity (Wildman–Crippen MR) is 182 cm³/mol. The largest absolute Gasteiger partial charge is 0.443 e. The molecule has 0 bridgehead atoms. The van der Waals surface area contributed by atoms with Crippen LogP contribution in [0.5, 0.6) is 0 Å². The van der Waals surface area contributed by atoms with Gasteiger partial charge in [0.15, 0.2) is 5.78 Å². The molecule has 3 rings (SSSR count).